The number of benzene rings is 2. The van der Waals surface area contributed by atoms with Gasteiger partial charge in [0.25, 0.3) is 11.5 Å². The fraction of sp³-hybridized carbons (Fsp3) is 0.0417. The lowest BCUT2D eigenvalue weighted by Crippen LogP contribution is -2.16. The summed E-state index contributed by atoms with van der Waals surface area (Å²) in [5.74, 6) is -0.0928. The first-order valence-electron chi connectivity index (χ1n) is 9.73. The molecule has 0 aliphatic carbocycles. The third-order valence-corrected chi connectivity index (χ3v) is 4.68. The number of rotatable bonds is 5. The van der Waals surface area contributed by atoms with Gasteiger partial charge in [-0.3, -0.25) is 19.6 Å². The summed E-state index contributed by atoms with van der Waals surface area (Å²) in [6, 6.07) is 19.5. The highest BCUT2D eigenvalue weighted by molar-refractivity contribution is 6.04. The number of aromatic nitrogens is 3. The highest BCUT2D eigenvalue weighted by Gasteiger charge is 2.15. The molecule has 2 heterocycles. The van der Waals surface area contributed by atoms with E-state index in [1.54, 1.807) is 36.4 Å². The van der Waals surface area contributed by atoms with Crippen molar-refractivity contribution in [3.63, 3.8) is 0 Å². The number of carbonyl (C=O) groups is 1. The molecule has 2 aromatic carbocycles. The summed E-state index contributed by atoms with van der Waals surface area (Å²) in [7, 11) is 0. The maximum atomic E-state index is 12.5. The Labute approximate surface area is 183 Å². The van der Waals surface area contributed by atoms with Crippen molar-refractivity contribution in [3.8, 4) is 17.3 Å². The number of anilines is 3. The molecule has 32 heavy (non-hydrogen) atoms. The Kier molecular flexibility index (Phi) is 5.72. The number of aryl methyl sites for hydroxylation is 1. The highest BCUT2D eigenvalue weighted by atomic mass is 16.1. The molecule has 4 aromatic rings. The molecule has 0 saturated carbocycles. The van der Waals surface area contributed by atoms with Gasteiger partial charge in [-0.2, -0.15) is 5.26 Å². The second-order valence-electron chi connectivity index (χ2n) is 7.01. The van der Waals surface area contributed by atoms with E-state index in [0.717, 1.165) is 11.3 Å². The maximum Gasteiger partial charge on any atom is 0.270 e. The van der Waals surface area contributed by atoms with E-state index in [1.807, 2.05) is 37.3 Å². The SMILES string of the molecule is Cc1ccc(Nc2nc(-c3cccc(NC(=O)c4ccncc4)c3)c(C#N)c(=O)[nH]2)cc1. The number of aromatic amines is 1. The van der Waals surface area contributed by atoms with Crippen molar-refractivity contribution >= 4 is 23.2 Å². The Morgan fingerprint density at radius 2 is 1.78 bits per heavy atom. The van der Waals surface area contributed by atoms with E-state index in [-0.39, 0.29) is 23.1 Å². The van der Waals surface area contributed by atoms with Crippen LogP contribution in [0.4, 0.5) is 17.3 Å². The second kappa shape index (κ2) is 8.93. The zero-order chi connectivity index (χ0) is 22.5. The van der Waals surface area contributed by atoms with Crippen LogP contribution in [0.2, 0.25) is 0 Å². The Morgan fingerprint density at radius 1 is 1.03 bits per heavy atom. The molecule has 8 heteroatoms. The topological polar surface area (TPSA) is 124 Å². The summed E-state index contributed by atoms with van der Waals surface area (Å²) < 4.78 is 0. The predicted octanol–water partition coefficient (Wildman–Crippen LogP) is 4.01. The van der Waals surface area contributed by atoms with Gasteiger partial charge in [0.05, 0.1) is 5.69 Å². The van der Waals surface area contributed by atoms with Gasteiger partial charge in [-0.25, -0.2) is 4.98 Å². The fourth-order valence-electron chi connectivity index (χ4n) is 3.07. The van der Waals surface area contributed by atoms with Crippen LogP contribution in [0, 0.1) is 18.3 Å². The molecule has 0 aliphatic rings. The lowest BCUT2D eigenvalue weighted by Gasteiger charge is -2.11. The van der Waals surface area contributed by atoms with Gasteiger partial charge < -0.3 is 10.6 Å². The van der Waals surface area contributed by atoms with Gasteiger partial charge in [0.2, 0.25) is 5.95 Å². The first-order chi connectivity index (χ1) is 15.5. The normalized spacial score (nSPS) is 10.2. The minimum Gasteiger partial charge on any atom is -0.326 e. The standard InChI is InChI=1S/C24H18N6O2/c1-15-5-7-18(8-6-15)28-24-29-21(20(14-25)23(32)30-24)17-3-2-4-19(13-17)27-22(31)16-9-11-26-12-10-16/h2-13H,1H3,(H,27,31)(H2,28,29,30,32). The number of carbonyl (C=O) groups excluding carboxylic acids is 1. The molecule has 0 bridgehead atoms. The van der Waals surface area contributed by atoms with Crippen LogP contribution < -0.4 is 16.2 Å². The molecule has 0 atom stereocenters. The van der Waals surface area contributed by atoms with Crippen molar-refractivity contribution in [1.29, 1.82) is 5.26 Å². The number of nitrogens with one attached hydrogen (secondary N) is 3. The van der Waals surface area contributed by atoms with Gasteiger partial charge in [0.1, 0.15) is 11.6 Å². The van der Waals surface area contributed by atoms with Crippen LogP contribution in [-0.4, -0.2) is 20.9 Å². The van der Waals surface area contributed by atoms with E-state index < -0.39 is 5.56 Å². The van der Waals surface area contributed by atoms with Crippen molar-refractivity contribution in [2.45, 2.75) is 6.92 Å². The van der Waals surface area contributed by atoms with Crippen LogP contribution in [0.15, 0.2) is 77.9 Å². The van der Waals surface area contributed by atoms with Crippen molar-refractivity contribution in [2.75, 3.05) is 10.6 Å². The van der Waals surface area contributed by atoms with Gasteiger partial charge >= 0.3 is 0 Å². The van der Waals surface area contributed by atoms with Gasteiger partial charge in [-0.1, -0.05) is 29.8 Å². The number of nitriles is 1. The first-order valence-corrected chi connectivity index (χ1v) is 9.73. The van der Waals surface area contributed by atoms with Gasteiger partial charge in [0.15, 0.2) is 0 Å². The first kappa shape index (κ1) is 20.5. The number of hydrogen-bond donors (Lipinski definition) is 3. The molecular formula is C24H18N6O2. The van der Waals surface area contributed by atoms with Crippen molar-refractivity contribution in [1.82, 2.24) is 15.0 Å². The molecule has 0 aliphatic heterocycles. The molecule has 1 amide bonds. The van der Waals surface area contributed by atoms with Crippen LogP contribution >= 0.6 is 0 Å². The van der Waals surface area contributed by atoms with Crippen LogP contribution in [-0.2, 0) is 0 Å². The van der Waals surface area contributed by atoms with Crippen LogP contribution in [0.25, 0.3) is 11.3 Å². The summed E-state index contributed by atoms with van der Waals surface area (Å²) >= 11 is 0. The second-order valence-corrected chi connectivity index (χ2v) is 7.01. The number of H-pyrrole nitrogens is 1. The van der Waals surface area contributed by atoms with Crippen LogP contribution in [0.1, 0.15) is 21.5 Å². The molecule has 4 rings (SSSR count). The molecule has 3 N–H and O–H groups in total. The number of amides is 1. The lowest BCUT2D eigenvalue weighted by atomic mass is 10.1. The smallest absolute Gasteiger partial charge is 0.270 e. The number of hydrogen-bond acceptors (Lipinski definition) is 6. The summed E-state index contributed by atoms with van der Waals surface area (Å²) in [4.78, 5) is 35.9. The molecule has 2 aromatic heterocycles. The van der Waals surface area contributed by atoms with Gasteiger partial charge in [0, 0.05) is 34.9 Å². The Morgan fingerprint density at radius 3 is 2.50 bits per heavy atom. The molecule has 0 unspecified atom stereocenters. The average molecular weight is 422 g/mol. The van der Waals surface area contributed by atoms with Crippen LogP contribution in [0.3, 0.4) is 0 Å². The summed E-state index contributed by atoms with van der Waals surface area (Å²) in [5.41, 5.74) is 2.87. The van der Waals surface area contributed by atoms with Crippen LogP contribution in [0.5, 0.6) is 0 Å². The van der Waals surface area contributed by atoms with E-state index >= 15 is 0 Å². The predicted molar refractivity (Wildman–Crippen MR) is 122 cm³/mol. The largest absolute Gasteiger partial charge is 0.326 e. The summed E-state index contributed by atoms with van der Waals surface area (Å²) in [6.07, 6.45) is 3.07. The average Bonchev–Trinajstić information content (AvgIpc) is 2.81. The Bertz CT molecular complexity index is 1370. The van der Waals surface area contributed by atoms with Gasteiger partial charge in [-0.15, -0.1) is 0 Å². The highest BCUT2D eigenvalue weighted by Crippen LogP contribution is 2.24. The molecule has 0 saturated heterocycles. The zero-order valence-corrected chi connectivity index (χ0v) is 17.1. The zero-order valence-electron chi connectivity index (χ0n) is 17.1. The Balaban J connectivity index is 1.68. The van der Waals surface area contributed by atoms with E-state index in [0.29, 0.717) is 16.8 Å². The minimum absolute atomic E-state index is 0.114. The molecule has 0 fully saturated rings. The summed E-state index contributed by atoms with van der Waals surface area (Å²) in [6.45, 7) is 1.98. The summed E-state index contributed by atoms with van der Waals surface area (Å²) in [5, 5.41) is 15.4. The van der Waals surface area contributed by atoms with E-state index in [1.165, 1.54) is 12.4 Å². The number of pyridine rings is 1. The molecule has 8 nitrogen and oxygen atoms in total. The third-order valence-electron chi connectivity index (χ3n) is 4.68. The molecular weight excluding hydrogens is 404 g/mol. The quantitative estimate of drug-likeness (QED) is 0.446. The number of nitrogens with zero attached hydrogens (tertiary/aromatic N) is 3. The van der Waals surface area contributed by atoms with E-state index in [9.17, 15) is 14.9 Å². The van der Waals surface area contributed by atoms with Crippen molar-refractivity contribution < 1.29 is 4.79 Å². The maximum absolute atomic E-state index is 12.5. The molecule has 0 spiro atoms. The fourth-order valence-corrected chi connectivity index (χ4v) is 3.07. The lowest BCUT2D eigenvalue weighted by molar-refractivity contribution is 0.102. The van der Waals surface area contributed by atoms with E-state index in [4.69, 9.17) is 0 Å². The van der Waals surface area contributed by atoms with E-state index in [2.05, 4.69) is 25.6 Å². The van der Waals surface area contributed by atoms with Crippen molar-refractivity contribution in [3.05, 3.63) is 100 Å². The van der Waals surface area contributed by atoms with Crippen molar-refractivity contribution in [2.24, 2.45) is 0 Å². The molecule has 156 valence electrons. The monoisotopic (exact) mass is 422 g/mol. The minimum atomic E-state index is -0.557. The van der Waals surface area contributed by atoms with Gasteiger partial charge in [-0.05, 0) is 43.3 Å². The third kappa shape index (κ3) is 4.52. The molecule has 0 radical (unpaired) electrons. The Hall–Kier alpha value is -4.77.